The molecule has 1 aromatic carbocycles. The molecule has 20 heavy (non-hydrogen) atoms. The predicted octanol–water partition coefficient (Wildman–Crippen LogP) is 0.454. The molecule has 0 spiro atoms. The van der Waals surface area contributed by atoms with Crippen molar-refractivity contribution in [1.29, 1.82) is 0 Å². The Balaban J connectivity index is 1.97. The Kier molecular flexibility index (Phi) is 4.57. The summed E-state index contributed by atoms with van der Waals surface area (Å²) in [6.07, 6.45) is -0.727. The second-order valence-electron chi connectivity index (χ2n) is 4.71. The van der Waals surface area contributed by atoms with E-state index >= 15 is 0 Å². The van der Waals surface area contributed by atoms with E-state index in [-0.39, 0.29) is 18.2 Å². The third-order valence-corrected chi connectivity index (χ3v) is 3.19. The normalized spacial score (nSPS) is 16.9. The van der Waals surface area contributed by atoms with Crippen molar-refractivity contribution < 1.29 is 14.3 Å². The molecule has 2 rings (SSSR count). The maximum atomic E-state index is 12.0. The van der Waals surface area contributed by atoms with E-state index in [0.717, 1.165) is 0 Å². The number of hydrogen-bond donors (Lipinski definition) is 2. The second-order valence-corrected chi connectivity index (χ2v) is 4.71. The van der Waals surface area contributed by atoms with Crippen LogP contribution in [0.1, 0.15) is 6.42 Å². The highest BCUT2D eigenvalue weighted by Crippen LogP contribution is 2.29. The minimum atomic E-state index is -0.769. The minimum absolute atomic E-state index is 0.0420. The first-order valence-electron chi connectivity index (χ1n) is 6.57. The number of nitrogens with one attached hydrogen (secondary N) is 2. The van der Waals surface area contributed by atoms with Crippen molar-refractivity contribution in [3.63, 3.8) is 0 Å². The number of carbonyl (C=O) groups excluding carboxylic acids is 2. The van der Waals surface area contributed by atoms with Crippen LogP contribution in [0.2, 0.25) is 0 Å². The molecule has 0 saturated carbocycles. The van der Waals surface area contributed by atoms with E-state index in [0.29, 0.717) is 24.5 Å². The van der Waals surface area contributed by atoms with Gasteiger partial charge >= 0.3 is 0 Å². The van der Waals surface area contributed by atoms with Gasteiger partial charge in [-0.3, -0.25) is 9.59 Å². The Morgan fingerprint density at radius 3 is 2.95 bits per heavy atom. The van der Waals surface area contributed by atoms with Gasteiger partial charge in [0.15, 0.2) is 6.10 Å². The number of likely N-dealkylation sites (N-methyl/N-ethyl adjacent to an activating group) is 2. The lowest BCUT2D eigenvalue weighted by Gasteiger charge is -2.27. The lowest BCUT2D eigenvalue weighted by Crippen LogP contribution is -2.42. The van der Waals surface area contributed by atoms with Crippen molar-refractivity contribution in [3.8, 4) is 5.75 Å². The minimum Gasteiger partial charge on any atom is -0.478 e. The summed E-state index contributed by atoms with van der Waals surface area (Å²) in [5.41, 5.74) is 0.643. The highest BCUT2D eigenvalue weighted by molar-refractivity contribution is 5.99. The van der Waals surface area contributed by atoms with Gasteiger partial charge in [0.25, 0.3) is 5.91 Å². The summed E-state index contributed by atoms with van der Waals surface area (Å²) in [4.78, 5) is 25.5. The van der Waals surface area contributed by atoms with Gasteiger partial charge in [0, 0.05) is 20.1 Å². The van der Waals surface area contributed by atoms with Gasteiger partial charge in [-0.05, 0) is 19.2 Å². The van der Waals surface area contributed by atoms with Crippen molar-refractivity contribution in [1.82, 2.24) is 10.2 Å². The molecule has 0 fully saturated rings. The van der Waals surface area contributed by atoms with Crippen LogP contribution in [0.5, 0.6) is 5.75 Å². The molecular weight excluding hydrogens is 258 g/mol. The number of anilines is 1. The van der Waals surface area contributed by atoms with Crippen LogP contribution in [-0.4, -0.2) is 50.0 Å². The SMILES string of the molecule is CNCCN(C)C(=O)CC1Oc2ccccc2NC1=O. The molecule has 0 saturated heterocycles. The second kappa shape index (κ2) is 6.38. The molecule has 1 unspecified atom stereocenters. The molecule has 0 aromatic heterocycles. The molecule has 2 N–H and O–H groups in total. The summed E-state index contributed by atoms with van der Waals surface area (Å²) in [6, 6.07) is 7.19. The molecule has 2 amide bonds. The smallest absolute Gasteiger partial charge is 0.266 e. The number of para-hydroxylation sites is 2. The molecule has 1 aliphatic heterocycles. The van der Waals surface area contributed by atoms with Gasteiger partial charge in [0.05, 0.1) is 12.1 Å². The number of ether oxygens (including phenoxy) is 1. The zero-order chi connectivity index (χ0) is 14.5. The Hall–Kier alpha value is -2.08. The number of rotatable bonds is 5. The Morgan fingerprint density at radius 1 is 1.45 bits per heavy atom. The lowest BCUT2D eigenvalue weighted by molar-refractivity contribution is -0.136. The number of nitrogens with zero attached hydrogens (tertiary/aromatic N) is 1. The molecule has 0 bridgehead atoms. The first-order chi connectivity index (χ1) is 9.61. The fourth-order valence-electron chi connectivity index (χ4n) is 1.95. The van der Waals surface area contributed by atoms with Gasteiger partial charge in [-0.2, -0.15) is 0 Å². The topological polar surface area (TPSA) is 70.7 Å². The maximum Gasteiger partial charge on any atom is 0.266 e. The Morgan fingerprint density at radius 2 is 2.20 bits per heavy atom. The third-order valence-electron chi connectivity index (χ3n) is 3.19. The molecule has 6 heteroatoms. The highest BCUT2D eigenvalue weighted by atomic mass is 16.5. The number of amides is 2. The first-order valence-corrected chi connectivity index (χ1v) is 6.57. The van der Waals surface area contributed by atoms with E-state index in [9.17, 15) is 9.59 Å². The van der Waals surface area contributed by atoms with Crippen LogP contribution >= 0.6 is 0 Å². The third kappa shape index (κ3) is 3.27. The van der Waals surface area contributed by atoms with E-state index in [1.165, 1.54) is 0 Å². The molecule has 0 radical (unpaired) electrons. The molecule has 0 aliphatic carbocycles. The summed E-state index contributed by atoms with van der Waals surface area (Å²) in [6.45, 7) is 1.31. The van der Waals surface area contributed by atoms with Crippen LogP contribution in [0.3, 0.4) is 0 Å². The summed E-state index contributed by atoms with van der Waals surface area (Å²) in [5.74, 6) is 0.210. The van der Waals surface area contributed by atoms with Gasteiger partial charge in [-0.25, -0.2) is 0 Å². The van der Waals surface area contributed by atoms with E-state index in [4.69, 9.17) is 4.74 Å². The zero-order valence-electron chi connectivity index (χ0n) is 11.7. The molecule has 1 heterocycles. The standard InChI is InChI=1S/C14H19N3O3/c1-15-7-8-17(2)13(18)9-12-14(19)16-10-5-3-4-6-11(10)20-12/h3-6,12,15H,7-9H2,1-2H3,(H,16,19). The van der Waals surface area contributed by atoms with Crippen molar-refractivity contribution in [2.75, 3.05) is 32.5 Å². The van der Waals surface area contributed by atoms with E-state index in [1.807, 2.05) is 19.2 Å². The molecule has 1 aliphatic rings. The van der Waals surface area contributed by atoms with Crippen molar-refractivity contribution >= 4 is 17.5 Å². The van der Waals surface area contributed by atoms with E-state index in [1.54, 1.807) is 24.1 Å². The molecule has 108 valence electrons. The number of carbonyl (C=O) groups is 2. The van der Waals surface area contributed by atoms with Crippen LogP contribution in [0, 0.1) is 0 Å². The predicted molar refractivity (Wildman–Crippen MR) is 75.7 cm³/mol. The van der Waals surface area contributed by atoms with Crippen LogP contribution in [0.25, 0.3) is 0 Å². The average molecular weight is 277 g/mol. The Labute approximate surface area is 118 Å². The number of hydrogen-bond acceptors (Lipinski definition) is 4. The van der Waals surface area contributed by atoms with Crippen molar-refractivity contribution in [3.05, 3.63) is 24.3 Å². The van der Waals surface area contributed by atoms with Gasteiger partial charge in [-0.15, -0.1) is 0 Å². The van der Waals surface area contributed by atoms with Gasteiger partial charge < -0.3 is 20.3 Å². The summed E-state index contributed by atoms with van der Waals surface area (Å²) < 4.78 is 5.59. The van der Waals surface area contributed by atoms with Gasteiger partial charge in [0.2, 0.25) is 5.91 Å². The van der Waals surface area contributed by atoms with Gasteiger partial charge in [-0.1, -0.05) is 12.1 Å². The molecular formula is C14H19N3O3. The summed E-state index contributed by atoms with van der Waals surface area (Å²) in [5, 5.41) is 5.72. The molecule has 1 atom stereocenters. The van der Waals surface area contributed by atoms with Crippen LogP contribution < -0.4 is 15.4 Å². The van der Waals surface area contributed by atoms with Crippen LogP contribution in [0.4, 0.5) is 5.69 Å². The van der Waals surface area contributed by atoms with E-state index < -0.39 is 6.10 Å². The fourth-order valence-corrected chi connectivity index (χ4v) is 1.95. The summed E-state index contributed by atoms with van der Waals surface area (Å²) >= 11 is 0. The monoisotopic (exact) mass is 277 g/mol. The van der Waals surface area contributed by atoms with Crippen molar-refractivity contribution in [2.24, 2.45) is 0 Å². The first kappa shape index (κ1) is 14.3. The largest absolute Gasteiger partial charge is 0.478 e. The highest BCUT2D eigenvalue weighted by Gasteiger charge is 2.30. The number of fused-ring (bicyclic) bond motifs is 1. The molecule has 6 nitrogen and oxygen atoms in total. The average Bonchev–Trinajstić information content (AvgIpc) is 2.45. The zero-order valence-corrected chi connectivity index (χ0v) is 11.7. The lowest BCUT2D eigenvalue weighted by atomic mass is 10.1. The van der Waals surface area contributed by atoms with Crippen molar-refractivity contribution in [2.45, 2.75) is 12.5 Å². The van der Waals surface area contributed by atoms with E-state index in [2.05, 4.69) is 10.6 Å². The van der Waals surface area contributed by atoms with Crippen LogP contribution in [-0.2, 0) is 9.59 Å². The Bertz CT molecular complexity index is 504. The summed E-state index contributed by atoms with van der Waals surface area (Å²) in [7, 11) is 3.54. The quantitative estimate of drug-likeness (QED) is 0.820. The maximum absolute atomic E-state index is 12.0. The number of benzene rings is 1. The van der Waals surface area contributed by atoms with Gasteiger partial charge in [0.1, 0.15) is 5.75 Å². The van der Waals surface area contributed by atoms with Crippen LogP contribution in [0.15, 0.2) is 24.3 Å². The fraction of sp³-hybridized carbons (Fsp3) is 0.429. The molecule has 1 aromatic rings.